The SMILES string of the molecule is CC(=O)N1CCC(NC(=O)C(=O)N[C@@H](CC(C)C)C(=O)N[C@@H](C[C@@H]2CCNC2=O)C(=O)COc2c(F)c(F)cc(F)c2F)CC1. The number of rotatable bonds is 12. The number of hydrogen-bond acceptors (Lipinski definition) is 7. The highest BCUT2D eigenvalue weighted by Crippen LogP contribution is 2.27. The standard InChI is InChI=1S/C29H37F4N5O7/c1-14(2)10-21(37-29(44)28(43)35-17-5-8-38(9-6-17)15(3)39)27(42)36-20(11-16-4-7-34-26(16)41)22(40)13-45-25-23(32)18(30)12-19(31)24(25)33/h12,14,16-17,20-21H,4-11,13H2,1-3H3,(H,34,41)(H,35,43)(H,36,42)(H,37,44)/t16-,20-,21-/m0/s1. The highest BCUT2D eigenvalue weighted by atomic mass is 19.2. The Bertz CT molecular complexity index is 1290. The van der Waals surface area contributed by atoms with Crippen LogP contribution in [-0.2, 0) is 28.8 Å². The highest BCUT2D eigenvalue weighted by molar-refractivity contribution is 6.35. The van der Waals surface area contributed by atoms with Gasteiger partial charge in [0.05, 0.1) is 6.04 Å². The maximum atomic E-state index is 14.1. The summed E-state index contributed by atoms with van der Waals surface area (Å²) >= 11 is 0. The van der Waals surface area contributed by atoms with Crippen LogP contribution in [0.5, 0.6) is 5.75 Å². The number of likely N-dealkylation sites (tertiary alicyclic amines) is 1. The number of nitrogens with one attached hydrogen (secondary N) is 4. The number of hydrogen-bond donors (Lipinski definition) is 4. The summed E-state index contributed by atoms with van der Waals surface area (Å²) < 4.78 is 60.1. The molecule has 5 amide bonds. The van der Waals surface area contributed by atoms with E-state index in [1.165, 1.54) is 6.92 Å². The maximum Gasteiger partial charge on any atom is 0.309 e. The van der Waals surface area contributed by atoms with E-state index in [0.29, 0.717) is 38.9 Å². The van der Waals surface area contributed by atoms with Gasteiger partial charge in [0, 0.05) is 44.6 Å². The third kappa shape index (κ3) is 9.62. The second-order valence-corrected chi connectivity index (χ2v) is 11.5. The van der Waals surface area contributed by atoms with Crippen LogP contribution in [0, 0.1) is 35.1 Å². The predicted molar refractivity (Wildman–Crippen MR) is 149 cm³/mol. The molecule has 2 fully saturated rings. The van der Waals surface area contributed by atoms with Gasteiger partial charge in [-0.25, -0.2) is 8.78 Å². The molecule has 45 heavy (non-hydrogen) atoms. The molecule has 0 saturated carbocycles. The molecule has 2 heterocycles. The van der Waals surface area contributed by atoms with Gasteiger partial charge >= 0.3 is 11.8 Å². The molecule has 2 aliphatic rings. The molecule has 2 saturated heterocycles. The van der Waals surface area contributed by atoms with E-state index >= 15 is 0 Å². The van der Waals surface area contributed by atoms with Crippen molar-refractivity contribution in [2.45, 2.75) is 71.0 Å². The molecular formula is C29H37F4N5O7. The molecule has 12 nitrogen and oxygen atoms in total. The fourth-order valence-electron chi connectivity index (χ4n) is 5.14. The molecule has 1 aromatic carbocycles. The number of piperidine rings is 1. The topological polar surface area (TPSA) is 163 Å². The highest BCUT2D eigenvalue weighted by Gasteiger charge is 2.35. The molecule has 3 rings (SSSR count). The van der Waals surface area contributed by atoms with Crippen LogP contribution >= 0.6 is 0 Å². The van der Waals surface area contributed by atoms with E-state index in [9.17, 15) is 46.3 Å². The summed E-state index contributed by atoms with van der Waals surface area (Å²) in [5.74, 6) is -14.0. The minimum absolute atomic E-state index is 0.0261. The van der Waals surface area contributed by atoms with Gasteiger partial charge in [-0.05, 0) is 38.0 Å². The Morgan fingerprint density at radius 1 is 0.956 bits per heavy atom. The molecule has 2 aliphatic heterocycles. The largest absolute Gasteiger partial charge is 0.479 e. The fourth-order valence-corrected chi connectivity index (χ4v) is 5.14. The first-order valence-corrected chi connectivity index (χ1v) is 14.6. The molecule has 0 radical (unpaired) electrons. The van der Waals surface area contributed by atoms with Crippen molar-refractivity contribution in [3.8, 4) is 5.75 Å². The van der Waals surface area contributed by atoms with Crippen molar-refractivity contribution in [3.63, 3.8) is 0 Å². The summed E-state index contributed by atoms with van der Waals surface area (Å²) in [6.07, 6.45) is 0.984. The number of carbonyl (C=O) groups excluding carboxylic acids is 6. The minimum atomic E-state index is -1.86. The molecule has 0 bridgehead atoms. The lowest BCUT2D eigenvalue weighted by Crippen LogP contribution is -2.56. The van der Waals surface area contributed by atoms with Crippen LogP contribution in [0.25, 0.3) is 0 Å². The average Bonchev–Trinajstić information content (AvgIpc) is 3.39. The number of nitrogens with zero attached hydrogens (tertiary/aromatic N) is 1. The molecule has 3 atom stereocenters. The number of benzene rings is 1. The van der Waals surface area contributed by atoms with Gasteiger partial charge in [0.25, 0.3) is 0 Å². The van der Waals surface area contributed by atoms with Crippen LogP contribution in [-0.4, -0.2) is 84.6 Å². The number of ether oxygens (including phenoxy) is 1. The zero-order valence-corrected chi connectivity index (χ0v) is 25.1. The lowest BCUT2D eigenvalue weighted by molar-refractivity contribution is -0.141. The smallest absolute Gasteiger partial charge is 0.309 e. The first-order chi connectivity index (χ1) is 21.2. The second-order valence-electron chi connectivity index (χ2n) is 11.5. The quantitative estimate of drug-likeness (QED) is 0.149. The first-order valence-electron chi connectivity index (χ1n) is 14.6. The Kier molecular flexibility index (Phi) is 12.3. The lowest BCUT2D eigenvalue weighted by Gasteiger charge is -2.31. The molecule has 0 aliphatic carbocycles. The van der Waals surface area contributed by atoms with Gasteiger partial charge in [0.1, 0.15) is 12.6 Å². The molecule has 1 aromatic rings. The van der Waals surface area contributed by atoms with E-state index in [1.807, 2.05) is 0 Å². The minimum Gasteiger partial charge on any atom is -0.479 e. The molecule has 0 unspecified atom stereocenters. The third-order valence-electron chi connectivity index (χ3n) is 7.63. The van der Waals surface area contributed by atoms with Crippen molar-refractivity contribution in [1.29, 1.82) is 0 Å². The summed E-state index contributed by atoms with van der Waals surface area (Å²) in [6, 6.07) is -3.16. The zero-order chi connectivity index (χ0) is 33.4. The van der Waals surface area contributed by atoms with E-state index in [2.05, 4.69) is 21.3 Å². The Balaban J connectivity index is 1.70. The maximum absolute atomic E-state index is 14.1. The van der Waals surface area contributed by atoms with Crippen molar-refractivity contribution < 1.29 is 51.1 Å². The molecular weight excluding hydrogens is 606 g/mol. The van der Waals surface area contributed by atoms with E-state index in [-0.39, 0.29) is 36.8 Å². The van der Waals surface area contributed by atoms with Crippen LogP contribution < -0.4 is 26.0 Å². The van der Waals surface area contributed by atoms with Crippen molar-refractivity contribution in [1.82, 2.24) is 26.2 Å². The van der Waals surface area contributed by atoms with Crippen molar-refractivity contribution in [2.24, 2.45) is 11.8 Å². The molecule has 0 aromatic heterocycles. The molecule has 248 valence electrons. The third-order valence-corrected chi connectivity index (χ3v) is 7.63. The van der Waals surface area contributed by atoms with Crippen LogP contribution in [0.1, 0.15) is 52.9 Å². The summed E-state index contributed by atoms with van der Waals surface area (Å²) in [7, 11) is 0. The lowest BCUT2D eigenvalue weighted by atomic mass is 9.95. The van der Waals surface area contributed by atoms with Crippen molar-refractivity contribution in [3.05, 3.63) is 29.3 Å². The van der Waals surface area contributed by atoms with Crippen LogP contribution in [0.3, 0.4) is 0 Å². The zero-order valence-electron chi connectivity index (χ0n) is 25.1. The van der Waals surface area contributed by atoms with Crippen molar-refractivity contribution in [2.75, 3.05) is 26.2 Å². The fraction of sp³-hybridized carbons (Fsp3) is 0.586. The van der Waals surface area contributed by atoms with E-state index in [1.54, 1.807) is 18.7 Å². The van der Waals surface area contributed by atoms with E-state index in [4.69, 9.17) is 4.74 Å². The molecule has 16 heteroatoms. The van der Waals surface area contributed by atoms with Crippen LogP contribution in [0.4, 0.5) is 17.6 Å². The van der Waals surface area contributed by atoms with Gasteiger partial charge in [0.2, 0.25) is 29.4 Å². The molecule has 0 spiro atoms. The number of carbonyl (C=O) groups is 6. The van der Waals surface area contributed by atoms with Gasteiger partial charge in [-0.1, -0.05) is 13.8 Å². The second kappa shape index (κ2) is 15.7. The van der Waals surface area contributed by atoms with Gasteiger partial charge in [0.15, 0.2) is 23.2 Å². The predicted octanol–water partition coefficient (Wildman–Crippen LogP) is 0.860. The monoisotopic (exact) mass is 643 g/mol. The van der Waals surface area contributed by atoms with Gasteiger partial charge in [-0.2, -0.15) is 8.78 Å². The summed E-state index contributed by atoms with van der Waals surface area (Å²) in [5.41, 5.74) is 0. The summed E-state index contributed by atoms with van der Waals surface area (Å²) in [5, 5.41) is 9.97. The Morgan fingerprint density at radius 3 is 2.11 bits per heavy atom. The summed E-state index contributed by atoms with van der Waals surface area (Å²) in [4.78, 5) is 77.2. The van der Waals surface area contributed by atoms with Gasteiger partial charge in [-0.15, -0.1) is 0 Å². The Morgan fingerprint density at radius 2 is 1.58 bits per heavy atom. The van der Waals surface area contributed by atoms with E-state index < -0.39 is 83.0 Å². The number of halogens is 4. The number of Topliss-reactive ketones (excluding diaryl/α,β-unsaturated/α-hetero) is 1. The van der Waals surface area contributed by atoms with Gasteiger partial charge in [-0.3, -0.25) is 28.8 Å². The normalized spacial score (nSPS) is 18.2. The average molecular weight is 644 g/mol. The Labute approximate surface area is 257 Å². The molecule has 4 N–H and O–H groups in total. The number of amides is 5. The van der Waals surface area contributed by atoms with Crippen LogP contribution in [0.2, 0.25) is 0 Å². The first kappa shape index (κ1) is 35.2. The number of ketones is 1. The van der Waals surface area contributed by atoms with Gasteiger partial charge < -0.3 is 30.9 Å². The van der Waals surface area contributed by atoms with Crippen LogP contribution in [0.15, 0.2) is 6.07 Å². The van der Waals surface area contributed by atoms with E-state index in [0.717, 1.165) is 0 Å². The summed E-state index contributed by atoms with van der Waals surface area (Å²) in [6.45, 7) is 4.93. The van der Waals surface area contributed by atoms with Crippen molar-refractivity contribution >= 4 is 35.3 Å². The Hall–Kier alpha value is -4.24.